The molecule has 6 heteroatoms. The van der Waals surface area contributed by atoms with Gasteiger partial charge in [0.2, 0.25) is 9.84 Å². The van der Waals surface area contributed by atoms with Crippen LogP contribution in [0.4, 0.5) is 0 Å². The van der Waals surface area contributed by atoms with Gasteiger partial charge in [0.05, 0.1) is 27.7 Å². The van der Waals surface area contributed by atoms with Gasteiger partial charge in [-0.15, -0.1) is 11.3 Å². The van der Waals surface area contributed by atoms with Crippen molar-refractivity contribution in [2.75, 3.05) is 7.11 Å². The van der Waals surface area contributed by atoms with E-state index in [0.717, 1.165) is 16.3 Å². The average Bonchev–Trinajstić information content (AvgIpc) is 3.19. The van der Waals surface area contributed by atoms with Gasteiger partial charge in [0.25, 0.3) is 0 Å². The van der Waals surface area contributed by atoms with Crippen LogP contribution in [0.1, 0.15) is 5.56 Å². The molecule has 0 fully saturated rings. The molecule has 2 heterocycles. The molecule has 0 spiro atoms. The van der Waals surface area contributed by atoms with Gasteiger partial charge in [-0.2, -0.15) is 0 Å². The maximum Gasteiger partial charge on any atom is 0.208 e. The average molecular weight is 420 g/mol. The van der Waals surface area contributed by atoms with E-state index in [2.05, 4.69) is 0 Å². The Hall–Kier alpha value is -2.96. The molecule has 0 aliphatic heterocycles. The molecule has 5 aromatic rings. The summed E-state index contributed by atoms with van der Waals surface area (Å²) in [5, 5.41) is 4.24. The number of pyridine rings is 1. The summed E-state index contributed by atoms with van der Waals surface area (Å²) in [7, 11) is -2.16. The largest absolute Gasteiger partial charge is 0.496 e. The minimum absolute atomic E-state index is 0.275. The SMILES string of the molecule is COc1cc2c(S(=O)(=O)c3ccc(C)cc3)c3sccc3nc2c2ccccc12. The standard InChI is InChI=1S/C23H17NO3S2/c1-14-7-9-15(10-8-14)29(25,26)23-18-13-20(27-2)16-5-3-4-6-17(16)21(18)24-19-11-12-28-22(19)23/h3-13H,1-2H3. The summed E-state index contributed by atoms with van der Waals surface area (Å²) >= 11 is 1.39. The molecule has 0 atom stereocenters. The first kappa shape index (κ1) is 18.1. The second-order valence-electron chi connectivity index (χ2n) is 6.91. The predicted molar refractivity (Wildman–Crippen MR) is 118 cm³/mol. The molecule has 0 aliphatic rings. The molecular weight excluding hydrogens is 402 g/mol. The van der Waals surface area contributed by atoms with Crippen LogP contribution in [-0.4, -0.2) is 20.5 Å². The minimum Gasteiger partial charge on any atom is -0.496 e. The van der Waals surface area contributed by atoms with E-state index in [9.17, 15) is 8.42 Å². The van der Waals surface area contributed by atoms with Crippen LogP contribution in [-0.2, 0) is 9.84 Å². The number of nitrogens with zero attached hydrogens (tertiary/aromatic N) is 1. The third-order valence-electron chi connectivity index (χ3n) is 5.13. The van der Waals surface area contributed by atoms with Crippen molar-refractivity contribution in [3.8, 4) is 5.75 Å². The number of fused-ring (bicyclic) bond motifs is 4. The first-order chi connectivity index (χ1) is 14.0. The molecule has 5 rings (SSSR count). The third kappa shape index (κ3) is 2.71. The van der Waals surface area contributed by atoms with E-state index in [1.54, 1.807) is 25.3 Å². The summed E-state index contributed by atoms with van der Waals surface area (Å²) in [6.45, 7) is 1.94. The fourth-order valence-electron chi connectivity index (χ4n) is 3.69. The summed E-state index contributed by atoms with van der Waals surface area (Å²) < 4.78 is 33.8. The number of benzene rings is 3. The van der Waals surface area contributed by atoms with Crippen LogP contribution in [0, 0.1) is 6.92 Å². The number of thiophene rings is 1. The lowest BCUT2D eigenvalue weighted by Gasteiger charge is -2.14. The maximum atomic E-state index is 13.7. The quantitative estimate of drug-likeness (QED) is 0.349. The van der Waals surface area contributed by atoms with Crippen molar-refractivity contribution in [1.82, 2.24) is 4.98 Å². The molecule has 0 bridgehead atoms. The van der Waals surface area contributed by atoms with E-state index < -0.39 is 9.84 Å². The van der Waals surface area contributed by atoms with Crippen LogP contribution in [0.5, 0.6) is 5.75 Å². The number of hydrogen-bond donors (Lipinski definition) is 0. The Morgan fingerprint density at radius 2 is 1.66 bits per heavy atom. The molecule has 2 aromatic heterocycles. The maximum absolute atomic E-state index is 13.7. The Balaban J connectivity index is 1.99. The zero-order chi connectivity index (χ0) is 20.2. The fourth-order valence-corrected chi connectivity index (χ4v) is 6.48. The highest BCUT2D eigenvalue weighted by atomic mass is 32.2. The predicted octanol–water partition coefficient (Wildman–Crippen LogP) is 5.75. The van der Waals surface area contributed by atoms with Crippen LogP contribution in [0.2, 0.25) is 0 Å². The van der Waals surface area contributed by atoms with Gasteiger partial charge >= 0.3 is 0 Å². The Bertz CT molecular complexity index is 1500. The van der Waals surface area contributed by atoms with Crippen LogP contribution in [0.25, 0.3) is 31.9 Å². The van der Waals surface area contributed by atoms with Crippen molar-refractivity contribution in [3.05, 3.63) is 71.6 Å². The fraction of sp³-hybridized carbons (Fsp3) is 0.0870. The Kier molecular flexibility index (Phi) is 4.08. The van der Waals surface area contributed by atoms with Crippen molar-refractivity contribution in [2.24, 2.45) is 0 Å². The van der Waals surface area contributed by atoms with E-state index in [-0.39, 0.29) is 4.90 Å². The molecular formula is C23H17NO3S2. The smallest absolute Gasteiger partial charge is 0.208 e. The van der Waals surface area contributed by atoms with Gasteiger partial charge in [-0.05, 0) is 36.6 Å². The highest BCUT2D eigenvalue weighted by Crippen LogP contribution is 2.41. The van der Waals surface area contributed by atoms with Gasteiger partial charge in [0.1, 0.15) is 10.6 Å². The summed E-state index contributed by atoms with van der Waals surface area (Å²) in [6.07, 6.45) is 0. The lowest BCUT2D eigenvalue weighted by molar-refractivity contribution is 0.420. The summed E-state index contributed by atoms with van der Waals surface area (Å²) in [5.74, 6) is 0.631. The summed E-state index contributed by atoms with van der Waals surface area (Å²) in [5.41, 5.74) is 2.36. The monoisotopic (exact) mass is 419 g/mol. The molecule has 0 saturated heterocycles. The van der Waals surface area contributed by atoms with E-state index in [1.165, 1.54) is 11.3 Å². The normalized spacial score (nSPS) is 12.1. The second-order valence-corrected chi connectivity index (χ2v) is 9.72. The van der Waals surface area contributed by atoms with Crippen molar-refractivity contribution < 1.29 is 13.2 Å². The van der Waals surface area contributed by atoms with E-state index in [4.69, 9.17) is 9.72 Å². The van der Waals surface area contributed by atoms with Crippen LogP contribution < -0.4 is 4.74 Å². The van der Waals surface area contributed by atoms with Crippen molar-refractivity contribution >= 4 is 53.1 Å². The second kappa shape index (κ2) is 6.54. The van der Waals surface area contributed by atoms with E-state index in [1.807, 2.05) is 54.8 Å². The summed E-state index contributed by atoms with van der Waals surface area (Å²) in [4.78, 5) is 5.38. The number of aryl methyl sites for hydroxylation is 1. The highest BCUT2D eigenvalue weighted by Gasteiger charge is 2.26. The van der Waals surface area contributed by atoms with Gasteiger partial charge in [0, 0.05) is 16.2 Å². The third-order valence-corrected chi connectivity index (χ3v) is 8.03. The van der Waals surface area contributed by atoms with Gasteiger partial charge in [-0.1, -0.05) is 42.0 Å². The zero-order valence-electron chi connectivity index (χ0n) is 15.8. The lowest BCUT2D eigenvalue weighted by Crippen LogP contribution is -2.04. The number of rotatable bonds is 3. The summed E-state index contributed by atoms with van der Waals surface area (Å²) in [6, 6.07) is 18.4. The van der Waals surface area contributed by atoms with Crippen LogP contribution in [0.3, 0.4) is 0 Å². The van der Waals surface area contributed by atoms with Crippen molar-refractivity contribution in [3.63, 3.8) is 0 Å². The number of ether oxygens (including phenoxy) is 1. The minimum atomic E-state index is -3.76. The van der Waals surface area contributed by atoms with E-state index in [0.29, 0.717) is 31.8 Å². The molecule has 0 amide bonds. The Morgan fingerprint density at radius 3 is 2.38 bits per heavy atom. The number of aromatic nitrogens is 1. The molecule has 0 radical (unpaired) electrons. The topological polar surface area (TPSA) is 56.3 Å². The number of sulfone groups is 1. The van der Waals surface area contributed by atoms with Gasteiger partial charge in [-0.3, -0.25) is 0 Å². The van der Waals surface area contributed by atoms with Crippen molar-refractivity contribution in [1.29, 1.82) is 0 Å². The molecule has 4 nitrogen and oxygen atoms in total. The first-order valence-corrected chi connectivity index (χ1v) is 11.5. The molecule has 0 unspecified atom stereocenters. The zero-order valence-corrected chi connectivity index (χ0v) is 17.5. The highest BCUT2D eigenvalue weighted by molar-refractivity contribution is 7.92. The lowest BCUT2D eigenvalue weighted by atomic mass is 10.0. The Morgan fingerprint density at radius 1 is 0.931 bits per heavy atom. The van der Waals surface area contributed by atoms with Gasteiger partial charge in [-0.25, -0.2) is 13.4 Å². The molecule has 0 saturated carbocycles. The molecule has 0 N–H and O–H groups in total. The molecule has 0 aliphatic carbocycles. The molecule has 3 aromatic carbocycles. The van der Waals surface area contributed by atoms with Crippen LogP contribution in [0.15, 0.2) is 75.8 Å². The number of methoxy groups -OCH3 is 1. The Labute approximate surface area is 172 Å². The number of hydrogen-bond acceptors (Lipinski definition) is 5. The van der Waals surface area contributed by atoms with E-state index >= 15 is 0 Å². The van der Waals surface area contributed by atoms with Crippen molar-refractivity contribution in [2.45, 2.75) is 16.7 Å². The molecule has 29 heavy (non-hydrogen) atoms. The van der Waals surface area contributed by atoms with Crippen LogP contribution >= 0.6 is 11.3 Å². The molecule has 144 valence electrons. The first-order valence-electron chi connectivity index (χ1n) is 9.09. The van der Waals surface area contributed by atoms with Gasteiger partial charge in [0.15, 0.2) is 0 Å². The van der Waals surface area contributed by atoms with Gasteiger partial charge < -0.3 is 4.74 Å².